The molecule has 2 N–H and O–H groups in total. The Bertz CT molecular complexity index is 1650. The summed E-state index contributed by atoms with van der Waals surface area (Å²) < 4.78 is 42.1. The van der Waals surface area contributed by atoms with Gasteiger partial charge in [0.15, 0.2) is 0 Å². The quantitative estimate of drug-likeness (QED) is 0.134. The number of hydrogen-bond acceptors (Lipinski definition) is 7. The summed E-state index contributed by atoms with van der Waals surface area (Å²) in [4.78, 5) is 45.5. The zero-order valence-electron chi connectivity index (χ0n) is 32.6. The van der Waals surface area contributed by atoms with Crippen LogP contribution < -0.4 is 10.6 Å². The van der Waals surface area contributed by atoms with E-state index in [1.165, 1.54) is 11.8 Å². The summed E-state index contributed by atoms with van der Waals surface area (Å²) >= 11 is 1.38. The Morgan fingerprint density at radius 2 is 1.64 bits per heavy atom. The molecule has 0 bridgehead atoms. The van der Waals surface area contributed by atoms with Crippen LogP contribution in [0.3, 0.4) is 0 Å². The lowest BCUT2D eigenvalue weighted by molar-refractivity contribution is -0.133. The van der Waals surface area contributed by atoms with E-state index in [2.05, 4.69) is 29.4 Å². The molecule has 0 aliphatic heterocycles. The van der Waals surface area contributed by atoms with Crippen LogP contribution in [0.2, 0.25) is 0 Å². The van der Waals surface area contributed by atoms with Gasteiger partial charge in [-0.2, -0.15) is 11.8 Å². The predicted molar refractivity (Wildman–Crippen MR) is 213 cm³/mol. The van der Waals surface area contributed by atoms with Crippen LogP contribution in [0.15, 0.2) is 54.7 Å². The molecule has 1 atom stereocenters. The van der Waals surface area contributed by atoms with E-state index in [0.717, 1.165) is 29.5 Å². The molecule has 1 heterocycles. The van der Waals surface area contributed by atoms with Crippen LogP contribution in [0.25, 0.3) is 11.3 Å². The maximum Gasteiger partial charge on any atom is 0.407 e. The first-order valence-electron chi connectivity index (χ1n) is 17.7. The van der Waals surface area contributed by atoms with Crippen molar-refractivity contribution in [1.29, 1.82) is 0 Å². The van der Waals surface area contributed by atoms with Gasteiger partial charge in [0.05, 0.1) is 17.5 Å². The molecule has 53 heavy (non-hydrogen) atoms. The molecule has 0 saturated carbocycles. The number of carbonyl (C=O) groups excluding carboxylic acids is 3. The van der Waals surface area contributed by atoms with Crippen molar-refractivity contribution in [2.75, 3.05) is 62.3 Å². The zero-order valence-corrected chi connectivity index (χ0v) is 34.2. The lowest BCUT2D eigenvalue weighted by atomic mass is 9.84. The van der Waals surface area contributed by atoms with Crippen molar-refractivity contribution in [3.63, 3.8) is 0 Å². The van der Waals surface area contributed by atoms with E-state index >= 15 is 4.39 Å². The van der Waals surface area contributed by atoms with Crippen molar-refractivity contribution in [2.45, 2.75) is 66.2 Å². The van der Waals surface area contributed by atoms with Gasteiger partial charge in [-0.1, -0.05) is 51.1 Å². The molecule has 10 nitrogen and oxygen atoms in total. The molecular weight excluding hydrogens is 721 g/mol. The number of thioether (sulfide) groups is 1. The normalized spacial score (nSPS) is 12.9. The van der Waals surface area contributed by atoms with Crippen LogP contribution in [-0.2, 0) is 20.8 Å². The van der Waals surface area contributed by atoms with Gasteiger partial charge < -0.3 is 29.6 Å². The van der Waals surface area contributed by atoms with Crippen molar-refractivity contribution >= 4 is 39.9 Å². The molecule has 1 aromatic heterocycles. The van der Waals surface area contributed by atoms with Gasteiger partial charge in [-0.25, -0.2) is 33.4 Å². The molecule has 0 unspecified atom stereocenters. The lowest BCUT2D eigenvalue weighted by Crippen LogP contribution is -2.45. The van der Waals surface area contributed by atoms with Gasteiger partial charge >= 0.3 is 12.2 Å². The van der Waals surface area contributed by atoms with Crippen LogP contribution in [0.5, 0.6) is 0 Å². The summed E-state index contributed by atoms with van der Waals surface area (Å²) in [5.41, 5.74) is -0.000268. The van der Waals surface area contributed by atoms with Crippen LogP contribution >= 0.6 is 21.8 Å². The standard InChI is InChI=1S/C39H57F2N5O5S2/c1-38(2,3)34(35-44-32(30-24-29(40)16-17-31(30)41)26-45(35)25-28-14-11-10-12-15-28)46(20-13-18-42-37(49)51-39(4,5)6)33(47)27-52-22-19-43-36(48)50-21-23-53(7,8)9/h10-12,14-17,24,26,34H,13,18-23,25,27H2,1-9H3,(H,42,49)(H,43,48)/t34-/m0/s1. The second-order valence-electron chi connectivity index (χ2n) is 15.8. The van der Waals surface area contributed by atoms with E-state index in [-0.39, 0.29) is 36.0 Å². The van der Waals surface area contributed by atoms with Gasteiger partial charge in [0.2, 0.25) is 5.91 Å². The second-order valence-corrected chi connectivity index (χ2v) is 21.5. The summed E-state index contributed by atoms with van der Waals surface area (Å²) in [6.45, 7) is 12.9. The second kappa shape index (κ2) is 19.5. The molecule has 3 rings (SSSR count). The minimum absolute atomic E-state index is 0.0198. The van der Waals surface area contributed by atoms with E-state index in [1.54, 1.807) is 31.9 Å². The maximum absolute atomic E-state index is 15.1. The van der Waals surface area contributed by atoms with Crippen molar-refractivity contribution in [2.24, 2.45) is 5.41 Å². The van der Waals surface area contributed by atoms with E-state index in [4.69, 9.17) is 14.5 Å². The van der Waals surface area contributed by atoms with Gasteiger partial charge in [-0.15, -0.1) is 0 Å². The number of carbonyl (C=O) groups is 3. The first-order chi connectivity index (χ1) is 24.7. The molecule has 0 spiro atoms. The Labute approximate surface area is 319 Å². The monoisotopic (exact) mass is 777 g/mol. The highest BCUT2D eigenvalue weighted by Crippen LogP contribution is 2.40. The first-order valence-corrected chi connectivity index (χ1v) is 21.9. The first kappa shape index (κ1) is 43.6. The third-order valence-electron chi connectivity index (χ3n) is 7.82. The highest BCUT2D eigenvalue weighted by atomic mass is 32.3. The van der Waals surface area contributed by atoms with Crippen LogP contribution in [0.1, 0.15) is 65.4 Å². The summed E-state index contributed by atoms with van der Waals surface area (Å²) in [6, 6.07) is 12.4. The van der Waals surface area contributed by atoms with Gasteiger partial charge in [-0.3, -0.25) is 4.79 Å². The number of halogens is 2. The van der Waals surface area contributed by atoms with E-state index in [1.807, 2.05) is 55.7 Å². The smallest absolute Gasteiger partial charge is 0.407 e. The molecule has 0 aliphatic rings. The number of nitrogens with one attached hydrogen (secondary N) is 2. The van der Waals surface area contributed by atoms with Crippen LogP contribution in [0.4, 0.5) is 18.4 Å². The Kier molecular flexibility index (Phi) is 16.1. The number of amides is 3. The molecule has 0 aliphatic carbocycles. The molecule has 0 saturated heterocycles. The van der Waals surface area contributed by atoms with Gasteiger partial charge in [-0.05, 0) is 75.1 Å². The molecule has 3 amide bonds. The summed E-state index contributed by atoms with van der Waals surface area (Å²) in [6.07, 6.45) is 7.56. The Morgan fingerprint density at radius 3 is 2.28 bits per heavy atom. The Balaban J connectivity index is 1.90. The maximum atomic E-state index is 15.1. The van der Waals surface area contributed by atoms with E-state index < -0.39 is 50.9 Å². The van der Waals surface area contributed by atoms with Gasteiger partial charge in [0, 0.05) is 49.4 Å². The van der Waals surface area contributed by atoms with Crippen LogP contribution in [-0.4, -0.2) is 100 Å². The summed E-state index contributed by atoms with van der Waals surface area (Å²) in [5.74, 6) is 0.555. The minimum Gasteiger partial charge on any atom is -0.449 e. The Morgan fingerprint density at radius 1 is 0.962 bits per heavy atom. The number of nitrogens with zero attached hydrogens (tertiary/aromatic N) is 3. The highest BCUT2D eigenvalue weighted by Gasteiger charge is 2.38. The van der Waals surface area contributed by atoms with Crippen LogP contribution in [0, 0.1) is 17.0 Å². The average Bonchev–Trinajstić information content (AvgIpc) is 3.44. The SMILES string of the molecule is CC(C)(C)OC(=O)NCCCN(C(=O)CSCCNC(=O)OCCS(C)(C)C)[C@@H](c1nc(-c2cc(F)ccc2F)cn1Cc1ccccc1)C(C)(C)C. The third kappa shape index (κ3) is 15.2. The van der Waals surface area contributed by atoms with Crippen molar-refractivity contribution in [1.82, 2.24) is 25.1 Å². The number of rotatable bonds is 17. The number of ether oxygens (including phenoxy) is 2. The predicted octanol–water partition coefficient (Wildman–Crippen LogP) is 7.86. The van der Waals surface area contributed by atoms with Crippen molar-refractivity contribution in [3.05, 3.63) is 77.8 Å². The summed E-state index contributed by atoms with van der Waals surface area (Å²) in [7, 11) is -0.776. The topological polar surface area (TPSA) is 115 Å². The van der Waals surface area contributed by atoms with Gasteiger partial charge in [0.1, 0.15) is 29.7 Å². The molecule has 2 aromatic carbocycles. The van der Waals surface area contributed by atoms with Crippen molar-refractivity contribution < 1.29 is 32.6 Å². The minimum atomic E-state index is -0.776. The average molecular weight is 778 g/mol. The van der Waals surface area contributed by atoms with E-state index in [9.17, 15) is 18.8 Å². The lowest BCUT2D eigenvalue weighted by Gasteiger charge is -2.40. The number of alkyl carbamates (subject to hydrolysis) is 2. The fourth-order valence-corrected chi connectivity index (χ4v) is 6.74. The fourth-order valence-electron chi connectivity index (χ4n) is 5.43. The Hall–Kier alpha value is -3.78. The number of imidazole rings is 1. The molecule has 3 aromatic rings. The fraction of sp³-hybridized carbons (Fsp3) is 0.538. The zero-order chi connectivity index (χ0) is 39.4. The molecular formula is C39H57F2N5O5S2. The molecule has 0 fully saturated rings. The number of aromatic nitrogens is 2. The third-order valence-corrected chi connectivity index (χ3v) is 10.2. The molecule has 294 valence electrons. The van der Waals surface area contributed by atoms with Gasteiger partial charge in [0.25, 0.3) is 0 Å². The highest BCUT2D eigenvalue weighted by molar-refractivity contribution is 8.32. The van der Waals surface area contributed by atoms with Crippen molar-refractivity contribution in [3.8, 4) is 11.3 Å². The molecule has 0 radical (unpaired) electrons. The number of benzene rings is 2. The number of hydrogen-bond donors (Lipinski definition) is 2. The summed E-state index contributed by atoms with van der Waals surface area (Å²) in [5, 5.41) is 5.52. The van der Waals surface area contributed by atoms with E-state index in [0.29, 0.717) is 37.7 Å². The largest absolute Gasteiger partial charge is 0.449 e. The molecule has 14 heteroatoms.